The monoisotopic (exact) mass is 378 g/mol. The molecular weight excluding hydrogens is 352 g/mol. The first kappa shape index (κ1) is 18.3. The highest BCUT2D eigenvalue weighted by Crippen LogP contribution is 2.22. The van der Waals surface area contributed by atoms with Gasteiger partial charge in [-0.3, -0.25) is 9.89 Å². The molecule has 1 fully saturated rings. The maximum absolute atomic E-state index is 13.1. The van der Waals surface area contributed by atoms with Crippen molar-refractivity contribution in [2.45, 2.75) is 25.3 Å². The maximum Gasteiger partial charge on any atom is 0.256 e. The number of anilines is 2. The van der Waals surface area contributed by atoms with E-state index in [1.807, 2.05) is 54.4 Å². The minimum absolute atomic E-state index is 0.0764. The van der Waals surface area contributed by atoms with Crippen LogP contribution in [0.25, 0.3) is 10.9 Å². The second-order valence-corrected chi connectivity index (χ2v) is 7.50. The van der Waals surface area contributed by atoms with Crippen molar-refractivity contribution in [2.24, 2.45) is 0 Å². The van der Waals surface area contributed by atoms with Crippen LogP contribution in [0.3, 0.4) is 0 Å². The molecule has 3 aromatic rings. The number of H-pyrrole nitrogens is 1. The molecule has 1 atom stereocenters. The van der Waals surface area contributed by atoms with E-state index in [2.05, 4.69) is 26.6 Å². The van der Waals surface area contributed by atoms with Crippen molar-refractivity contribution in [3.63, 3.8) is 0 Å². The Kier molecular flexibility index (Phi) is 5.14. The third-order valence-electron chi connectivity index (χ3n) is 5.30. The topological polar surface area (TPSA) is 77.1 Å². The van der Waals surface area contributed by atoms with Crippen LogP contribution in [-0.4, -0.2) is 59.2 Å². The number of benzene rings is 1. The molecule has 7 nitrogen and oxygen atoms in total. The van der Waals surface area contributed by atoms with Crippen molar-refractivity contribution in [1.82, 2.24) is 20.1 Å². The zero-order valence-corrected chi connectivity index (χ0v) is 16.4. The Bertz CT molecular complexity index is 949. The largest absolute Gasteiger partial charge is 0.381 e. The fourth-order valence-electron chi connectivity index (χ4n) is 3.73. The number of rotatable bonds is 4. The van der Waals surface area contributed by atoms with Gasteiger partial charge in [0, 0.05) is 38.6 Å². The van der Waals surface area contributed by atoms with Gasteiger partial charge < -0.3 is 15.1 Å². The van der Waals surface area contributed by atoms with Gasteiger partial charge in [-0.2, -0.15) is 5.10 Å². The minimum Gasteiger partial charge on any atom is -0.381 e. The summed E-state index contributed by atoms with van der Waals surface area (Å²) in [5, 5.41) is 11.6. The Morgan fingerprint density at radius 1 is 1.18 bits per heavy atom. The zero-order chi connectivity index (χ0) is 19.5. The van der Waals surface area contributed by atoms with E-state index in [1.54, 1.807) is 6.20 Å². The third kappa shape index (κ3) is 3.78. The summed E-state index contributed by atoms with van der Waals surface area (Å²) in [6.07, 6.45) is 6.56. The predicted molar refractivity (Wildman–Crippen MR) is 112 cm³/mol. The van der Waals surface area contributed by atoms with Crippen molar-refractivity contribution < 1.29 is 4.79 Å². The first-order chi connectivity index (χ1) is 13.6. The van der Waals surface area contributed by atoms with Crippen LogP contribution in [-0.2, 0) is 0 Å². The Morgan fingerprint density at radius 3 is 2.86 bits per heavy atom. The molecule has 0 aliphatic carbocycles. The second kappa shape index (κ2) is 7.88. The Balaban J connectivity index is 1.41. The summed E-state index contributed by atoms with van der Waals surface area (Å²) in [7, 11) is 3.96. The van der Waals surface area contributed by atoms with Crippen LogP contribution in [0.1, 0.15) is 29.6 Å². The molecule has 28 heavy (non-hydrogen) atoms. The number of nitrogens with one attached hydrogen (secondary N) is 2. The number of aromatic amines is 1. The van der Waals surface area contributed by atoms with Crippen LogP contribution >= 0.6 is 0 Å². The molecule has 2 aromatic heterocycles. The van der Waals surface area contributed by atoms with E-state index in [4.69, 9.17) is 0 Å². The van der Waals surface area contributed by atoms with Gasteiger partial charge >= 0.3 is 0 Å². The summed E-state index contributed by atoms with van der Waals surface area (Å²) in [4.78, 5) is 21.5. The molecule has 1 aliphatic heterocycles. The average Bonchev–Trinajstić information content (AvgIpc) is 3.07. The zero-order valence-electron chi connectivity index (χ0n) is 16.4. The van der Waals surface area contributed by atoms with Crippen molar-refractivity contribution >= 4 is 28.3 Å². The smallest absolute Gasteiger partial charge is 0.256 e. The Labute approximate surface area is 164 Å². The molecule has 146 valence electrons. The first-order valence-electron chi connectivity index (χ1n) is 9.73. The fraction of sp³-hybridized carbons (Fsp3) is 0.381. The fourth-order valence-corrected chi connectivity index (χ4v) is 3.73. The summed E-state index contributed by atoms with van der Waals surface area (Å²) in [6.45, 7) is 1.52. The van der Waals surface area contributed by atoms with Gasteiger partial charge in [0.15, 0.2) is 0 Å². The van der Waals surface area contributed by atoms with Crippen LogP contribution in [0.4, 0.5) is 11.5 Å². The van der Waals surface area contributed by atoms with Gasteiger partial charge in [-0.15, -0.1) is 0 Å². The van der Waals surface area contributed by atoms with Gasteiger partial charge in [0.25, 0.3) is 5.91 Å². The number of hydrogen-bond donors (Lipinski definition) is 2. The minimum atomic E-state index is 0.0764. The SMILES string of the molecule is CN(C)c1ccc(NC2CCCN(C(=O)c3cccc4cn[nH]c34)CC2)cn1. The summed E-state index contributed by atoms with van der Waals surface area (Å²) in [6, 6.07) is 10.2. The lowest BCUT2D eigenvalue weighted by Crippen LogP contribution is -2.32. The van der Waals surface area contributed by atoms with E-state index in [0.29, 0.717) is 11.6 Å². The number of pyridine rings is 1. The molecule has 1 unspecified atom stereocenters. The number of nitrogens with zero attached hydrogens (tertiary/aromatic N) is 4. The number of para-hydroxylation sites is 1. The number of amides is 1. The van der Waals surface area contributed by atoms with Crippen molar-refractivity contribution in [2.75, 3.05) is 37.4 Å². The third-order valence-corrected chi connectivity index (χ3v) is 5.30. The summed E-state index contributed by atoms with van der Waals surface area (Å²) in [5.41, 5.74) is 2.54. The van der Waals surface area contributed by atoms with Crippen LogP contribution < -0.4 is 10.2 Å². The molecule has 2 N–H and O–H groups in total. The van der Waals surface area contributed by atoms with E-state index in [0.717, 1.165) is 54.8 Å². The molecule has 0 radical (unpaired) electrons. The van der Waals surface area contributed by atoms with Gasteiger partial charge in [0.2, 0.25) is 0 Å². The molecule has 1 saturated heterocycles. The van der Waals surface area contributed by atoms with Gasteiger partial charge in [0.05, 0.1) is 29.2 Å². The lowest BCUT2D eigenvalue weighted by atomic mass is 10.1. The van der Waals surface area contributed by atoms with Gasteiger partial charge in [-0.25, -0.2) is 4.98 Å². The molecule has 4 rings (SSSR count). The normalized spacial score (nSPS) is 17.4. The summed E-state index contributed by atoms with van der Waals surface area (Å²) < 4.78 is 0. The number of carbonyl (C=O) groups is 1. The summed E-state index contributed by atoms with van der Waals surface area (Å²) >= 11 is 0. The molecule has 0 saturated carbocycles. The Hall–Kier alpha value is -3.09. The van der Waals surface area contributed by atoms with E-state index >= 15 is 0 Å². The second-order valence-electron chi connectivity index (χ2n) is 7.50. The van der Waals surface area contributed by atoms with E-state index in [1.165, 1.54) is 0 Å². The van der Waals surface area contributed by atoms with Gasteiger partial charge in [-0.05, 0) is 37.5 Å². The molecule has 7 heteroatoms. The highest BCUT2D eigenvalue weighted by atomic mass is 16.2. The van der Waals surface area contributed by atoms with E-state index < -0.39 is 0 Å². The lowest BCUT2D eigenvalue weighted by Gasteiger charge is -2.21. The van der Waals surface area contributed by atoms with E-state index in [9.17, 15) is 4.79 Å². The molecule has 0 spiro atoms. The maximum atomic E-state index is 13.1. The predicted octanol–water partition coefficient (Wildman–Crippen LogP) is 3.13. The molecule has 0 bridgehead atoms. The van der Waals surface area contributed by atoms with Gasteiger partial charge in [-0.1, -0.05) is 12.1 Å². The first-order valence-corrected chi connectivity index (χ1v) is 9.73. The van der Waals surface area contributed by atoms with Crippen LogP contribution in [0, 0.1) is 0 Å². The van der Waals surface area contributed by atoms with Gasteiger partial charge in [0.1, 0.15) is 5.82 Å². The molecule has 3 heterocycles. The van der Waals surface area contributed by atoms with Crippen LogP contribution in [0.5, 0.6) is 0 Å². The van der Waals surface area contributed by atoms with Crippen molar-refractivity contribution in [1.29, 1.82) is 0 Å². The Morgan fingerprint density at radius 2 is 2.07 bits per heavy atom. The number of aromatic nitrogens is 3. The van der Waals surface area contributed by atoms with Crippen molar-refractivity contribution in [3.8, 4) is 0 Å². The standard InChI is InChI=1S/C21H26N6O/c1-26(2)19-9-8-17(14-22-19)24-16-6-4-11-27(12-10-16)21(28)18-7-3-5-15-13-23-25-20(15)18/h3,5,7-9,13-14,16,24H,4,6,10-12H2,1-2H3,(H,23,25). The highest BCUT2D eigenvalue weighted by molar-refractivity contribution is 6.05. The average molecular weight is 378 g/mol. The molecule has 1 aliphatic rings. The van der Waals surface area contributed by atoms with Crippen molar-refractivity contribution in [3.05, 3.63) is 48.3 Å². The molecule has 1 aromatic carbocycles. The van der Waals surface area contributed by atoms with Crippen LogP contribution in [0.2, 0.25) is 0 Å². The number of carbonyl (C=O) groups excluding carboxylic acids is 1. The molecule has 1 amide bonds. The number of fused-ring (bicyclic) bond motifs is 1. The number of likely N-dealkylation sites (tertiary alicyclic amines) is 1. The van der Waals surface area contributed by atoms with E-state index in [-0.39, 0.29) is 5.91 Å². The van der Waals surface area contributed by atoms with Crippen LogP contribution in [0.15, 0.2) is 42.7 Å². The highest BCUT2D eigenvalue weighted by Gasteiger charge is 2.23. The number of hydrogen-bond acceptors (Lipinski definition) is 5. The lowest BCUT2D eigenvalue weighted by molar-refractivity contribution is 0.0763. The summed E-state index contributed by atoms with van der Waals surface area (Å²) in [5.74, 6) is 1.02. The quantitative estimate of drug-likeness (QED) is 0.729. The molecular formula is C21H26N6O.